The molecule has 1 heterocycles. The van der Waals surface area contributed by atoms with Crippen molar-refractivity contribution in [2.75, 3.05) is 0 Å². The van der Waals surface area contributed by atoms with Gasteiger partial charge in [-0.3, -0.25) is 0 Å². The molecule has 0 amide bonds. The zero-order valence-corrected chi connectivity index (χ0v) is 7.68. The highest BCUT2D eigenvalue weighted by molar-refractivity contribution is 7.11. The summed E-state index contributed by atoms with van der Waals surface area (Å²) in [4.78, 5) is 10.4. The van der Waals surface area contributed by atoms with E-state index in [0.29, 0.717) is 6.10 Å². The molecular formula is C9H12O2S. The lowest BCUT2D eigenvalue weighted by Gasteiger charge is -2.07. The molecule has 0 bridgehead atoms. The average Bonchev–Trinajstić information content (AvgIpc) is 2.74. The van der Waals surface area contributed by atoms with Gasteiger partial charge in [0.05, 0.1) is 0 Å². The van der Waals surface area contributed by atoms with Crippen LogP contribution in [0, 0.1) is 0 Å². The average molecular weight is 184 g/mol. The first-order valence-corrected chi connectivity index (χ1v) is 5.20. The molecule has 2 nitrogen and oxygen atoms in total. The van der Waals surface area contributed by atoms with E-state index in [1.807, 2.05) is 17.5 Å². The summed E-state index contributed by atoms with van der Waals surface area (Å²) in [7, 11) is 0. The lowest BCUT2D eigenvalue weighted by Crippen LogP contribution is -2.09. The van der Waals surface area contributed by atoms with Crippen LogP contribution in [0.15, 0.2) is 17.5 Å². The predicted octanol–water partition coefficient (Wildman–Crippen LogP) is 3.00. The molecule has 2 rings (SSSR count). The number of hydrogen-bond acceptors (Lipinski definition) is 3. The number of hydrogen-bond donors (Lipinski definition) is 0. The standard InChI is InChI=1S/C9H12O2S/c1-2-5-8(4-1)10-11-9-6-3-7-12-9/h3,6-8H,1-2,4-5H2. The molecule has 1 aromatic rings. The second-order valence-corrected chi connectivity index (χ2v) is 3.93. The monoisotopic (exact) mass is 184 g/mol. The smallest absolute Gasteiger partial charge is 0.219 e. The maximum atomic E-state index is 5.26. The Bertz CT molecular complexity index is 214. The van der Waals surface area contributed by atoms with Gasteiger partial charge in [0.15, 0.2) is 0 Å². The molecule has 0 aliphatic heterocycles. The topological polar surface area (TPSA) is 18.5 Å². The maximum absolute atomic E-state index is 5.26. The van der Waals surface area contributed by atoms with Crippen LogP contribution < -0.4 is 4.89 Å². The lowest BCUT2D eigenvalue weighted by atomic mass is 10.3. The SMILES string of the molecule is c1csc(OOC2CCCC2)c1. The Kier molecular flexibility index (Phi) is 2.64. The van der Waals surface area contributed by atoms with Crippen molar-refractivity contribution in [2.45, 2.75) is 31.8 Å². The molecule has 12 heavy (non-hydrogen) atoms. The first kappa shape index (κ1) is 8.08. The third-order valence-electron chi connectivity index (χ3n) is 2.06. The fraction of sp³-hybridized carbons (Fsp3) is 0.556. The van der Waals surface area contributed by atoms with E-state index in [1.165, 1.54) is 12.8 Å². The minimum absolute atomic E-state index is 0.326. The molecule has 1 aliphatic carbocycles. The third-order valence-corrected chi connectivity index (χ3v) is 2.79. The first-order valence-electron chi connectivity index (χ1n) is 4.32. The minimum Gasteiger partial charge on any atom is -0.326 e. The van der Waals surface area contributed by atoms with Gasteiger partial charge in [-0.1, -0.05) is 12.8 Å². The molecule has 1 aliphatic rings. The Morgan fingerprint density at radius 3 is 2.83 bits per heavy atom. The van der Waals surface area contributed by atoms with E-state index in [9.17, 15) is 0 Å². The Morgan fingerprint density at radius 2 is 2.17 bits per heavy atom. The summed E-state index contributed by atoms with van der Waals surface area (Å²) in [6, 6.07) is 3.87. The van der Waals surface area contributed by atoms with Crippen LogP contribution >= 0.6 is 11.3 Å². The molecule has 1 saturated carbocycles. The zero-order chi connectivity index (χ0) is 8.23. The lowest BCUT2D eigenvalue weighted by molar-refractivity contribution is -0.239. The third kappa shape index (κ3) is 1.99. The van der Waals surface area contributed by atoms with Gasteiger partial charge < -0.3 is 4.89 Å². The molecule has 0 radical (unpaired) electrons. The summed E-state index contributed by atoms with van der Waals surface area (Å²) in [6.07, 6.45) is 5.17. The van der Waals surface area contributed by atoms with E-state index in [2.05, 4.69) is 0 Å². The highest BCUT2D eigenvalue weighted by Gasteiger charge is 2.16. The number of thiophene rings is 1. The normalized spacial score (nSPS) is 18.3. The van der Waals surface area contributed by atoms with Crippen LogP contribution in [0.25, 0.3) is 0 Å². The molecule has 0 aromatic carbocycles. The van der Waals surface area contributed by atoms with Crippen LogP contribution in [0.4, 0.5) is 0 Å². The minimum atomic E-state index is 0.326. The van der Waals surface area contributed by atoms with Crippen molar-refractivity contribution in [1.82, 2.24) is 0 Å². The van der Waals surface area contributed by atoms with Crippen molar-refractivity contribution in [3.05, 3.63) is 17.5 Å². The van der Waals surface area contributed by atoms with Crippen LogP contribution in [-0.4, -0.2) is 6.10 Å². The second kappa shape index (κ2) is 3.92. The van der Waals surface area contributed by atoms with Crippen LogP contribution in [0.2, 0.25) is 0 Å². The summed E-state index contributed by atoms with van der Waals surface area (Å²) in [5.41, 5.74) is 0. The van der Waals surface area contributed by atoms with Crippen molar-refractivity contribution < 1.29 is 9.78 Å². The van der Waals surface area contributed by atoms with Crippen molar-refractivity contribution in [3.63, 3.8) is 0 Å². The van der Waals surface area contributed by atoms with Gasteiger partial charge in [-0.15, -0.1) is 11.3 Å². The van der Waals surface area contributed by atoms with E-state index in [-0.39, 0.29) is 0 Å². The fourth-order valence-corrected chi connectivity index (χ4v) is 1.94. The van der Waals surface area contributed by atoms with E-state index in [4.69, 9.17) is 9.78 Å². The summed E-state index contributed by atoms with van der Waals surface area (Å²) < 4.78 is 0. The summed E-state index contributed by atoms with van der Waals surface area (Å²) >= 11 is 1.56. The molecule has 0 saturated heterocycles. The van der Waals surface area contributed by atoms with Crippen LogP contribution in [0.5, 0.6) is 5.06 Å². The Labute approximate surface area is 76.0 Å². The Balaban J connectivity index is 1.74. The predicted molar refractivity (Wildman–Crippen MR) is 48.3 cm³/mol. The van der Waals surface area contributed by atoms with Gasteiger partial charge in [0.1, 0.15) is 6.10 Å². The van der Waals surface area contributed by atoms with Gasteiger partial charge in [0, 0.05) is 0 Å². The van der Waals surface area contributed by atoms with E-state index >= 15 is 0 Å². The van der Waals surface area contributed by atoms with Gasteiger partial charge >= 0.3 is 0 Å². The van der Waals surface area contributed by atoms with Gasteiger partial charge in [0.2, 0.25) is 5.06 Å². The first-order chi connectivity index (χ1) is 5.95. The van der Waals surface area contributed by atoms with E-state index < -0.39 is 0 Å². The largest absolute Gasteiger partial charge is 0.326 e. The molecule has 0 atom stereocenters. The second-order valence-electron chi connectivity index (χ2n) is 3.02. The van der Waals surface area contributed by atoms with Crippen LogP contribution in [0.1, 0.15) is 25.7 Å². The summed E-state index contributed by atoms with van der Waals surface area (Å²) in [6.45, 7) is 0. The van der Waals surface area contributed by atoms with Gasteiger partial charge in [-0.2, -0.15) is 4.89 Å². The molecule has 1 aromatic heterocycles. The van der Waals surface area contributed by atoms with Gasteiger partial charge in [-0.05, 0) is 30.4 Å². The molecular weight excluding hydrogens is 172 g/mol. The van der Waals surface area contributed by atoms with E-state index in [1.54, 1.807) is 11.3 Å². The molecule has 66 valence electrons. The summed E-state index contributed by atoms with van der Waals surface area (Å²) in [5, 5.41) is 2.83. The molecule has 0 unspecified atom stereocenters. The highest BCUT2D eigenvalue weighted by atomic mass is 32.1. The van der Waals surface area contributed by atoms with Crippen LogP contribution in [0.3, 0.4) is 0 Å². The molecule has 0 N–H and O–H groups in total. The Morgan fingerprint density at radius 1 is 1.33 bits per heavy atom. The van der Waals surface area contributed by atoms with Gasteiger partial charge in [-0.25, -0.2) is 0 Å². The fourth-order valence-electron chi connectivity index (χ4n) is 1.41. The maximum Gasteiger partial charge on any atom is 0.219 e. The van der Waals surface area contributed by atoms with Crippen molar-refractivity contribution in [1.29, 1.82) is 0 Å². The molecule has 3 heteroatoms. The van der Waals surface area contributed by atoms with Crippen molar-refractivity contribution in [2.24, 2.45) is 0 Å². The number of rotatable bonds is 3. The van der Waals surface area contributed by atoms with E-state index in [0.717, 1.165) is 17.9 Å². The van der Waals surface area contributed by atoms with Crippen LogP contribution in [-0.2, 0) is 4.89 Å². The van der Waals surface area contributed by atoms with Gasteiger partial charge in [0.25, 0.3) is 0 Å². The zero-order valence-electron chi connectivity index (χ0n) is 6.86. The van der Waals surface area contributed by atoms with Crippen molar-refractivity contribution in [3.8, 4) is 5.06 Å². The van der Waals surface area contributed by atoms with Crippen molar-refractivity contribution >= 4 is 11.3 Å². The molecule has 0 spiro atoms. The molecule has 1 fully saturated rings. The quantitative estimate of drug-likeness (QED) is 0.531. The summed E-state index contributed by atoms with van der Waals surface area (Å²) in [5.74, 6) is 0. The Hall–Kier alpha value is -0.540. The highest BCUT2D eigenvalue weighted by Crippen LogP contribution is 2.24.